The molecule has 1 heterocycles. The van der Waals surface area contributed by atoms with Crippen LogP contribution in [-0.2, 0) is 0 Å². The van der Waals surface area contributed by atoms with Crippen LogP contribution in [0.3, 0.4) is 0 Å². The lowest BCUT2D eigenvalue weighted by molar-refractivity contribution is 0.0785. The summed E-state index contributed by atoms with van der Waals surface area (Å²) in [7, 11) is 4.49. The van der Waals surface area contributed by atoms with Gasteiger partial charge in [-0.15, -0.1) is 0 Å². The van der Waals surface area contributed by atoms with Crippen molar-refractivity contribution in [3.05, 3.63) is 0 Å². The number of likely N-dealkylation sites (N-methyl/N-ethyl adjacent to an activating group) is 1. The summed E-state index contributed by atoms with van der Waals surface area (Å²) in [6.07, 6.45) is 5.00. The van der Waals surface area contributed by atoms with E-state index >= 15 is 0 Å². The smallest absolute Gasteiger partial charge is 0.0323 e. The molecule has 17 heavy (non-hydrogen) atoms. The Morgan fingerprint density at radius 2 is 1.76 bits per heavy atom. The topological polar surface area (TPSA) is 32.5 Å². The summed E-state index contributed by atoms with van der Waals surface area (Å²) in [6.45, 7) is 9.04. The molecular formula is C14H31N3. The van der Waals surface area contributed by atoms with Crippen LogP contribution in [0.2, 0.25) is 0 Å². The van der Waals surface area contributed by atoms with Crippen LogP contribution in [0, 0.1) is 5.92 Å². The van der Waals surface area contributed by atoms with Crippen molar-refractivity contribution in [3.8, 4) is 0 Å². The Morgan fingerprint density at radius 3 is 2.18 bits per heavy atom. The van der Waals surface area contributed by atoms with E-state index in [1.165, 1.54) is 32.5 Å². The van der Waals surface area contributed by atoms with Crippen LogP contribution in [-0.4, -0.2) is 55.6 Å². The zero-order valence-corrected chi connectivity index (χ0v) is 12.2. The van der Waals surface area contributed by atoms with Crippen LogP contribution >= 0.6 is 0 Å². The fourth-order valence-electron chi connectivity index (χ4n) is 3.06. The van der Waals surface area contributed by atoms with Gasteiger partial charge in [-0.1, -0.05) is 13.8 Å². The molecule has 0 radical (unpaired) electrons. The fraction of sp³-hybridized carbons (Fsp3) is 1.00. The normalized spacial score (nSPS) is 20.1. The Balaban J connectivity index is 2.49. The predicted octanol–water partition coefficient (Wildman–Crippen LogP) is 1.78. The van der Waals surface area contributed by atoms with E-state index in [0.29, 0.717) is 0 Å². The SMILES string of the molecule is CCC(CC)(CN)N(C)CC1CCN(C)CC1. The molecule has 0 saturated carbocycles. The zero-order chi connectivity index (χ0) is 12.9. The Labute approximate surface area is 107 Å². The second kappa shape index (κ2) is 6.72. The minimum atomic E-state index is 0.226. The third kappa shape index (κ3) is 3.67. The van der Waals surface area contributed by atoms with Crippen molar-refractivity contribution >= 4 is 0 Å². The number of nitrogens with zero attached hydrogens (tertiary/aromatic N) is 2. The molecule has 0 atom stereocenters. The highest BCUT2D eigenvalue weighted by atomic mass is 15.2. The maximum Gasteiger partial charge on any atom is 0.0323 e. The number of nitrogens with two attached hydrogens (primary N) is 1. The van der Waals surface area contributed by atoms with Gasteiger partial charge in [0, 0.05) is 18.6 Å². The van der Waals surface area contributed by atoms with Gasteiger partial charge in [-0.25, -0.2) is 0 Å². The fourth-order valence-corrected chi connectivity index (χ4v) is 3.06. The molecule has 1 fully saturated rings. The van der Waals surface area contributed by atoms with Crippen LogP contribution in [0.25, 0.3) is 0 Å². The van der Waals surface area contributed by atoms with Crippen LogP contribution in [0.5, 0.6) is 0 Å². The Bertz CT molecular complexity index is 197. The molecule has 3 heteroatoms. The largest absolute Gasteiger partial charge is 0.329 e. The lowest BCUT2D eigenvalue weighted by Crippen LogP contribution is -2.53. The van der Waals surface area contributed by atoms with Crippen LogP contribution < -0.4 is 5.73 Å². The van der Waals surface area contributed by atoms with Gasteiger partial charge in [-0.3, -0.25) is 4.90 Å². The lowest BCUT2D eigenvalue weighted by atomic mass is 9.88. The summed E-state index contributed by atoms with van der Waals surface area (Å²) in [5.41, 5.74) is 6.23. The molecule has 0 unspecified atom stereocenters. The first-order valence-corrected chi connectivity index (χ1v) is 7.17. The van der Waals surface area contributed by atoms with E-state index in [2.05, 4.69) is 37.7 Å². The minimum Gasteiger partial charge on any atom is -0.329 e. The van der Waals surface area contributed by atoms with E-state index in [9.17, 15) is 0 Å². The monoisotopic (exact) mass is 241 g/mol. The van der Waals surface area contributed by atoms with Gasteiger partial charge < -0.3 is 10.6 Å². The summed E-state index contributed by atoms with van der Waals surface area (Å²) in [6, 6.07) is 0. The number of rotatable bonds is 6. The molecule has 1 saturated heterocycles. The van der Waals surface area contributed by atoms with E-state index in [0.717, 1.165) is 25.3 Å². The van der Waals surface area contributed by atoms with Crippen molar-refractivity contribution in [2.45, 2.75) is 45.1 Å². The average Bonchev–Trinajstić information content (AvgIpc) is 2.35. The lowest BCUT2D eigenvalue weighted by Gasteiger charge is -2.43. The molecule has 0 aliphatic carbocycles. The predicted molar refractivity (Wildman–Crippen MR) is 75.2 cm³/mol. The van der Waals surface area contributed by atoms with E-state index in [1.54, 1.807) is 0 Å². The minimum absolute atomic E-state index is 0.226. The molecule has 0 bridgehead atoms. The summed E-state index contributed by atoms with van der Waals surface area (Å²) < 4.78 is 0. The van der Waals surface area contributed by atoms with Gasteiger partial charge in [0.25, 0.3) is 0 Å². The Hall–Kier alpha value is -0.120. The van der Waals surface area contributed by atoms with Crippen LogP contribution in [0.15, 0.2) is 0 Å². The van der Waals surface area contributed by atoms with E-state index in [-0.39, 0.29) is 5.54 Å². The first kappa shape index (κ1) is 14.9. The standard InChI is InChI=1S/C14H31N3/c1-5-14(6-2,12-15)17(4)11-13-7-9-16(3)10-8-13/h13H,5-12,15H2,1-4H3. The Kier molecular flexibility index (Phi) is 5.90. The van der Waals surface area contributed by atoms with Crippen LogP contribution in [0.4, 0.5) is 0 Å². The molecule has 1 aliphatic heterocycles. The number of piperidine rings is 1. The second-order valence-corrected chi connectivity index (χ2v) is 5.76. The third-order valence-corrected chi connectivity index (χ3v) is 4.88. The van der Waals surface area contributed by atoms with Crippen molar-refractivity contribution in [1.29, 1.82) is 0 Å². The van der Waals surface area contributed by atoms with E-state index in [4.69, 9.17) is 5.73 Å². The van der Waals surface area contributed by atoms with Gasteiger partial charge in [-0.05, 0) is 58.8 Å². The summed E-state index contributed by atoms with van der Waals surface area (Å²) in [5.74, 6) is 0.861. The number of hydrogen-bond donors (Lipinski definition) is 1. The first-order valence-electron chi connectivity index (χ1n) is 7.17. The van der Waals surface area contributed by atoms with Crippen molar-refractivity contribution in [2.24, 2.45) is 11.7 Å². The molecule has 1 rings (SSSR count). The van der Waals surface area contributed by atoms with Gasteiger partial charge in [0.15, 0.2) is 0 Å². The van der Waals surface area contributed by atoms with Gasteiger partial charge in [0.05, 0.1) is 0 Å². The Morgan fingerprint density at radius 1 is 1.24 bits per heavy atom. The van der Waals surface area contributed by atoms with Crippen molar-refractivity contribution in [1.82, 2.24) is 9.80 Å². The molecule has 102 valence electrons. The van der Waals surface area contributed by atoms with Crippen molar-refractivity contribution in [2.75, 3.05) is 40.3 Å². The molecule has 3 nitrogen and oxygen atoms in total. The molecule has 0 aromatic heterocycles. The molecule has 1 aliphatic rings. The van der Waals surface area contributed by atoms with Gasteiger partial charge in [0.2, 0.25) is 0 Å². The van der Waals surface area contributed by atoms with Crippen LogP contribution in [0.1, 0.15) is 39.5 Å². The van der Waals surface area contributed by atoms with Crippen molar-refractivity contribution < 1.29 is 0 Å². The molecular weight excluding hydrogens is 210 g/mol. The maximum absolute atomic E-state index is 6.01. The van der Waals surface area contributed by atoms with Crippen molar-refractivity contribution in [3.63, 3.8) is 0 Å². The highest BCUT2D eigenvalue weighted by molar-refractivity contribution is 4.89. The number of hydrogen-bond acceptors (Lipinski definition) is 3. The van der Waals surface area contributed by atoms with E-state index < -0.39 is 0 Å². The number of likely N-dealkylation sites (tertiary alicyclic amines) is 1. The molecule has 0 spiro atoms. The molecule has 0 amide bonds. The quantitative estimate of drug-likeness (QED) is 0.769. The maximum atomic E-state index is 6.01. The highest BCUT2D eigenvalue weighted by Crippen LogP contribution is 2.25. The molecule has 0 aromatic carbocycles. The van der Waals surface area contributed by atoms with Gasteiger partial charge >= 0.3 is 0 Å². The van der Waals surface area contributed by atoms with Gasteiger partial charge in [-0.2, -0.15) is 0 Å². The first-order chi connectivity index (χ1) is 8.07. The summed E-state index contributed by atoms with van der Waals surface area (Å²) >= 11 is 0. The summed E-state index contributed by atoms with van der Waals surface area (Å²) in [4.78, 5) is 4.97. The second-order valence-electron chi connectivity index (χ2n) is 5.76. The van der Waals surface area contributed by atoms with E-state index in [1.807, 2.05) is 0 Å². The average molecular weight is 241 g/mol. The van der Waals surface area contributed by atoms with Gasteiger partial charge in [0.1, 0.15) is 0 Å². The highest BCUT2D eigenvalue weighted by Gasteiger charge is 2.31. The molecule has 2 N–H and O–H groups in total. The zero-order valence-electron chi connectivity index (χ0n) is 12.2. The summed E-state index contributed by atoms with van der Waals surface area (Å²) in [5, 5.41) is 0. The molecule has 0 aromatic rings. The third-order valence-electron chi connectivity index (χ3n) is 4.88.